The molecule has 0 aromatic rings. The third-order valence-electron chi connectivity index (χ3n) is 13.9. The summed E-state index contributed by atoms with van der Waals surface area (Å²) in [5.41, 5.74) is -6.85. The molecule has 16 atom stereocenters. The maximum Gasteiger partial charge on any atom is 0.335 e. The third kappa shape index (κ3) is 2.70. The number of hydrogen-bond acceptors (Lipinski definition) is 13. The average molecular weight is 623 g/mol. The summed E-state index contributed by atoms with van der Waals surface area (Å²) in [6.45, 7) is 7.94. The number of rotatable bonds is 3. The van der Waals surface area contributed by atoms with Crippen LogP contribution in [0.15, 0.2) is 0 Å². The Morgan fingerprint density at radius 2 is 1.64 bits per heavy atom. The SMILES string of the molecule is COC(=O)[C@H]1OC[C@@]23[C@@H]4C[C@@H](OC(C)(C)O4)[C@@]4(C(=O)OC)CO[C@@H]([C@@H](O)[C@@](C)([C@]56O[C@@]5(C)[C@H]5C[C@@H]6O[C@@H]6OCC[C@@]65O)[C@H]12)[C@@H]43. The van der Waals surface area contributed by atoms with Gasteiger partial charge in [-0.1, -0.05) is 6.92 Å². The molecule has 0 unspecified atom stereocenters. The fraction of sp³-hybridized carbons (Fsp3) is 0.935. The molecule has 0 aromatic heterocycles. The summed E-state index contributed by atoms with van der Waals surface area (Å²) >= 11 is 0. The zero-order chi connectivity index (χ0) is 31.0. The first-order valence-corrected chi connectivity index (χ1v) is 15.9. The van der Waals surface area contributed by atoms with Crippen molar-refractivity contribution in [3.63, 3.8) is 0 Å². The summed E-state index contributed by atoms with van der Waals surface area (Å²) in [6.07, 6.45) is -4.46. The van der Waals surface area contributed by atoms with E-state index < -0.39 is 106 Å². The average Bonchev–Trinajstić information content (AvgIpc) is 3.42. The van der Waals surface area contributed by atoms with Crippen LogP contribution in [0.1, 0.15) is 47.0 Å². The van der Waals surface area contributed by atoms with E-state index in [0.29, 0.717) is 25.9 Å². The molecule has 13 nitrogen and oxygen atoms in total. The Morgan fingerprint density at radius 1 is 0.886 bits per heavy atom. The lowest BCUT2D eigenvalue weighted by atomic mass is 9.37. The standard InChI is InChI=1S/C31H42O13/c1-25(2)42-14-10-15(43-25)29(23(34)37-6)12-39-17-20(29)28(14)11-40-18(22(33)36-5)19(28)26(3,21(17)32)31-16-9-13(27(31,4)44-31)30(35)7-8-38-24(30)41-16/h13-21,24,32,35H,7-12H2,1-6H3/t13-,14+,15-,16+,17-,18+,19+,20-,21-,24+,26+,27+,28-,29+,30+,31+/m1/s1. The number of fused-ring (bicyclic) bond motifs is 10. The van der Waals surface area contributed by atoms with Crippen LogP contribution in [0.25, 0.3) is 0 Å². The normalized spacial score (nSPS) is 61.8. The number of methoxy groups -OCH3 is 2. The van der Waals surface area contributed by atoms with E-state index in [9.17, 15) is 19.8 Å². The van der Waals surface area contributed by atoms with Gasteiger partial charge in [-0.05, 0) is 27.2 Å². The van der Waals surface area contributed by atoms with E-state index in [4.69, 9.17) is 42.6 Å². The Kier molecular flexibility index (Phi) is 5.34. The van der Waals surface area contributed by atoms with Gasteiger partial charge < -0.3 is 52.8 Å². The van der Waals surface area contributed by atoms with Gasteiger partial charge >= 0.3 is 11.9 Å². The van der Waals surface area contributed by atoms with Gasteiger partial charge in [-0.15, -0.1) is 0 Å². The summed E-state index contributed by atoms with van der Waals surface area (Å²) in [5.74, 6) is -3.89. The second kappa shape index (κ2) is 8.16. The first-order chi connectivity index (χ1) is 20.7. The molecule has 44 heavy (non-hydrogen) atoms. The Labute approximate surface area is 255 Å². The number of aliphatic hydroxyl groups is 2. The van der Waals surface area contributed by atoms with Crippen LogP contribution in [0, 0.1) is 34.0 Å². The molecule has 9 aliphatic rings. The molecule has 9 fully saturated rings. The smallest absolute Gasteiger partial charge is 0.335 e. The monoisotopic (exact) mass is 622 g/mol. The Bertz CT molecular complexity index is 1340. The second-order valence-electron chi connectivity index (χ2n) is 15.5. The largest absolute Gasteiger partial charge is 0.468 e. The van der Waals surface area contributed by atoms with Crippen LogP contribution in [0.5, 0.6) is 0 Å². The first kappa shape index (κ1) is 28.8. The van der Waals surface area contributed by atoms with Gasteiger partial charge in [-0.2, -0.15) is 0 Å². The highest BCUT2D eigenvalue weighted by Gasteiger charge is 2.95. The minimum atomic E-state index is -1.28. The first-order valence-electron chi connectivity index (χ1n) is 15.9. The Morgan fingerprint density at radius 3 is 2.36 bits per heavy atom. The highest BCUT2D eigenvalue weighted by Crippen LogP contribution is 2.82. The molecule has 6 saturated heterocycles. The van der Waals surface area contributed by atoms with E-state index in [-0.39, 0.29) is 19.1 Å². The molecule has 1 spiro atoms. The van der Waals surface area contributed by atoms with Gasteiger partial charge in [0.2, 0.25) is 0 Å². The second-order valence-corrected chi connectivity index (χ2v) is 15.5. The van der Waals surface area contributed by atoms with Gasteiger partial charge in [0.25, 0.3) is 0 Å². The van der Waals surface area contributed by atoms with Gasteiger partial charge in [0.1, 0.15) is 22.2 Å². The predicted octanol–water partition coefficient (Wildman–Crippen LogP) is 0.0637. The number of epoxide rings is 1. The van der Waals surface area contributed by atoms with Crippen molar-refractivity contribution in [2.24, 2.45) is 34.0 Å². The molecule has 4 bridgehead atoms. The van der Waals surface area contributed by atoms with Crippen molar-refractivity contribution < 1.29 is 62.4 Å². The van der Waals surface area contributed by atoms with Crippen molar-refractivity contribution in [1.82, 2.24) is 0 Å². The van der Waals surface area contributed by atoms with E-state index in [0.717, 1.165) is 0 Å². The highest BCUT2D eigenvalue weighted by molar-refractivity contribution is 5.80. The molecule has 3 aliphatic carbocycles. The van der Waals surface area contributed by atoms with Gasteiger partial charge in [-0.3, -0.25) is 4.79 Å². The number of hydrogen-bond donors (Lipinski definition) is 2. The molecule has 9 rings (SSSR count). The lowest BCUT2D eigenvalue weighted by Gasteiger charge is -2.68. The molecule has 6 aliphatic heterocycles. The minimum Gasteiger partial charge on any atom is -0.468 e. The van der Waals surface area contributed by atoms with Crippen molar-refractivity contribution in [2.45, 2.75) is 112 Å². The van der Waals surface area contributed by atoms with Crippen LogP contribution in [-0.2, 0) is 52.2 Å². The molecular weight excluding hydrogens is 580 g/mol. The number of carbonyl (C=O) groups excluding carboxylic acids is 2. The van der Waals surface area contributed by atoms with Gasteiger partial charge in [0.15, 0.2) is 18.2 Å². The molecule has 0 radical (unpaired) electrons. The van der Waals surface area contributed by atoms with Crippen molar-refractivity contribution in [3.8, 4) is 0 Å². The molecule has 6 heterocycles. The van der Waals surface area contributed by atoms with Crippen LogP contribution in [0.3, 0.4) is 0 Å². The van der Waals surface area contributed by atoms with E-state index in [2.05, 4.69) is 0 Å². The summed E-state index contributed by atoms with van der Waals surface area (Å²) in [5, 5.41) is 24.6. The maximum atomic E-state index is 14.0. The molecule has 0 aromatic carbocycles. The topological polar surface area (TPSA) is 161 Å². The number of esters is 2. The minimum absolute atomic E-state index is 0.0314. The van der Waals surface area contributed by atoms with Crippen molar-refractivity contribution in [1.29, 1.82) is 0 Å². The van der Waals surface area contributed by atoms with Crippen LogP contribution < -0.4 is 0 Å². The summed E-state index contributed by atoms with van der Waals surface area (Å²) in [7, 11) is 2.66. The quantitative estimate of drug-likeness (QED) is 0.322. The fourth-order valence-corrected chi connectivity index (χ4v) is 12.6. The highest BCUT2D eigenvalue weighted by atomic mass is 16.7. The molecule has 2 N–H and O–H groups in total. The maximum absolute atomic E-state index is 14.0. The van der Waals surface area contributed by atoms with Crippen molar-refractivity contribution >= 4 is 11.9 Å². The van der Waals surface area contributed by atoms with Crippen LogP contribution in [-0.4, -0.2) is 122 Å². The van der Waals surface area contributed by atoms with Gasteiger partial charge in [0.05, 0.1) is 64.6 Å². The van der Waals surface area contributed by atoms with Gasteiger partial charge in [0, 0.05) is 41.4 Å². The zero-order valence-electron chi connectivity index (χ0n) is 25.9. The lowest BCUT2D eigenvalue weighted by Crippen LogP contribution is -2.79. The third-order valence-corrected chi connectivity index (χ3v) is 13.9. The number of ether oxygens (including phenoxy) is 9. The van der Waals surface area contributed by atoms with E-state index in [1.54, 1.807) is 0 Å². The number of aliphatic hydroxyl groups excluding tert-OH is 1. The molecular formula is C31H42O13. The molecule has 3 saturated carbocycles. The zero-order valence-corrected chi connectivity index (χ0v) is 25.9. The van der Waals surface area contributed by atoms with E-state index in [1.165, 1.54) is 14.2 Å². The summed E-state index contributed by atoms with van der Waals surface area (Å²) in [6, 6.07) is 0. The number of carbonyl (C=O) groups is 2. The van der Waals surface area contributed by atoms with E-state index >= 15 is 0 Å². The molecule has 0 amide bonds. The van der Waals surface area contributed by atoms with Crippen LogP contribution >= 0.6 is 0 Å². The summed E-state index contributed by atoms with van der Waals surface area (Å²) in [4.78, 5) is 27.7. The van der Waals surface area contributed by atoms with Crippen LogP contribution in [0.2, 0.25) is 0 Å². The fourth-order valence-electron chi connectivity index (χ4n) is 12.6. The van der Waals surface area contributed by atoms with Crippen molar-refractivity contribution in [3.05, 3.63) is 0 Å². The summed E-state index contributed by atoms with van der Waals surface area (Å²) < 4.78 is 56.2. The molecule has 244 valence electrons. The lowest BCUT2D eigenvalue weighted by molar-refractivity contribution is -0.384. The van der Waals surface area contributed by atoms with Gasteiger partial charge in [-0.25, -0.2) is 4.79 Å². The Balaban J connectivity index is 1.28. The van der Waals surface area contributed by atoms with Crippen LogP contribution in [0.4, 0.5) is 0 Å². The molecule has 13 heteroatoms. The predicted molar refractivity (Wildman–Crippen MR) is 142 cm³/mol. The van der Waals surface area contributed by atoms with E-state index in [1.807, 2.05) is 27.7 Å². The van der Waals surface area contributed by atoms with Crippen molar-refractivity contribution in [2.75, 3.05) is 34.0 Å². The Hall–Kier alpha value is -1.42.